The summed E-state index contributed by atoms with van der Waals surface area (Å²) in [6, 6.07) is 7.03. The topological polar surface area (TPSA) is 65.0 Å². The molecule has 0 saturated carbocycles. The van der Waals surface area contributed by atoms with Gasteiger partial charge in [-0.05, 0) is 24.3 Å². The lowest BCUT2D eigenvalue weighted by atomic mass is 10.3. The fourth-order valence-corrected chi connectivity index (χ4v) is 1.91. The lowest BCUT2D eigenvalue weighted by molar-refractivity contribution is -0.255. The Balaban J connectivity index is 2.14. The number of rotatable bonds is 3. The van der Waals surface area contributed by atoms with E-state index in [0.29, 0.717) is 10.2 Å². The van der Waals surface area contributed by atoms with Crippen LogP contribution in [0.5, 0.6) is 0 Å². The minimum absolute atomic E-state index is 0.0681. The number of carbonyl (C=O) groups is 1. The highest BCUT2D eigenvalue weighted by Gasteiger charge is 2.02. The number of carboxylic acids is 1. The monoisotopic (exact) mass is 253 g/mol. The first kappa shape index (κ1) is 10.9. The first-order valence-corrected chi connectivity index (χ1v) is 5.60. The maximum Gasteiger partial charge on any atom is 0.187 e. The van der Waals surface area contributed by atoms with E-state index in [1.807, 2.05) is 0 Å². The van der Waals surface area contributed by atoms with Gasteiger partial charge in [-0.3, -0.25) is 0 Å². The van der Waals surface area contributed by atoms with Gasteiger partial charge in [0, 0.05) is 16.1 Å². The molecule has 2 rings (SSSR count). The van der Waals surface area contributed by atoms with E-state index in [4.69, 9.17) is 11.6 Å². The fraction of sp³-hybridized carbons (Fsp3) is 0. The molecule has 16 heavy (non-hydrogen) atoms. The van der Waals surface area contributed by atoms with Crippen LogP contribution < -0.4 is 10.4 Å². The van der Waals surface area contributed by atoms with Crippen molar-refractivity contribution >= 4 is 39.7 Å². The molecule has 0 radical (unpaired) electrons. The summed E-state index contributed by atoms with van der Waals surface area (Å²) < 4.78 is 0. The standard InChI is InChI=1S/C10H7ClN2O2S/c11-6-1-3-7(4-2-6)12-10-13-8(5-16-10)9(14)15/h1-5H,(H,12,13)(H,14,15)/p-1. The smallest absolute Gasteiger partial charge is 0.187 e. The summed E-state index contributed by atoms with van der Waals surface area (Å²) >= 11 is 6.93. The second kappa shape index (κ2) is 4.51. The first-order valence-electron chi connectivity index (χ1n) is 4.34. The molecule has 0 aliphatic heterocycles. The minimum atomic E-state index is -1.28. The highest BCUT2D eigenvalue weighted by Crippen LogP contribution is 2.21. The number of halogens is 1. The summed E-state index contributed by atoms with van der Waals surface area (Å²) in [4.78, 5) is 14.3. The van der Waals surface area contributed by atoms with E-state index in [2.05, 4.69) is 10.3 Å². The van der Waals surface area contributed by atoms with Gasteiger partial charge in [0.15, 0.2) is 5.13 Å². The van der Waals surface area contributed by atoms with Crippen LogP contribution in [-0.4, -0.2) is 11.0 Å². The number of nitrogens with one attached hydrogen (secondary N) is 1. The van der Waals surface area contributed by atoms with E-state index in [0.717, 1.165) is 5.69 Å². The Kier molecular flexibility index (Phi) is 3.07. The second-order valence-corrected chi connectivity index (χ2v) is 4.25. The van der Waals surface area contributed by atoms with Crippen LogP contribution in [0.2, 0.25) is 5.02 Å². The van der Waals surface area contributed by atoms with Gasteiger partial charge in [0.1, 0.15) is 0 Å². The number of carbonyl (C=O) groups excluding carboxylic acids is 1. The summed E-state index contributed by atoms with van der Waals surface area (Å²) in [6.45, 7) is 0. The van der Waals surface area contributed by atoms with Crippen molar-refractivity contribution in [1.29, 1.82) is 0 Å². The Morgan fingerprint density at radius 2 is 2.06 bits per heavy atom. The molecule has 0 unspecified atom stereocenters. The average Bonchev–Trinajstić information content (AvgIpc) is 2.70. The Morgan fingerprint density at radius 3 is 2.62 bits per heavy atom. The van der Waals surface area contributed by atoms with E-state index >= 15 is 0 Å². The van der Waals surface area contributed by atoms with Crippen molar-refractivity contribution in [1.82, 2.24) is 4.98 Å². The zero-order chi connectivity index (χ0) is 11.5. The van der Waals surface area contributed by atoms with Gasteiger partial charge in [-0.25, -0.2) is 4.98 Å². The summed E-state index contributed by atoms with van der Waals surface area (Å²) in [5.41, 5.74) is 0.727. The summed E-state index contributed by atoms with van der Waals surface area (Å²) in [5.74, 6) is -1.28. The number of aromatic nitrogens is 1. The van der Waals surface area contributed by atoms with Crippen LogP contribution in [0.1, 0.15) is 10.5 Å². The molecular formula is C10H6ClN2O2S-. The van der Waals surface area contributed by atoms with Gasteiger partial charge in [-0.1, -0.05) is 11.6 Å². The van der Waals surface area contributed by atoms with Crippen molar-refractivity contribution in [2.45, 2.75) is 0 Å². The molecule has 0 amide bonds. The predicted octanol–water partition coefficient (Wildman–Crippen LogP) is 1.90. The second-order valence-electron chi connectivity index (χ2n) is 2.96. The maximum absolute atomic E-state index is 10.5. The molecule has 82 valence electrons. The van der Waals surface area contributed by atoms with Gasteiger partial charge in [0.2, 0.25) is 0 Å². The molecule has 1 heterocycles. The third-order valence-corrected chi connectivity index (χ3v) is 2.82. The molecule has 4 nitrogen and oxygen atoms in total. The molecule has 1 N–H and O–H groups in total. The predicted molar refractivity (Wildman–Crippen MR) is 61.2 cm³/mol. The van der Waals surface area contributed by atoms with Gasteiger partial charge in [0.05, 0.1) is 11.7 Å². The van der Waals surface area contributed by atoms with E-state index < -0.39 is 5.97 Å². The Morgan fingerprint density at radius 1 is 1.38 bits per heavy atom. The number of thiazole rings is 1. The third-order valence-electron chi connectivity index (χ3n) is 1.81. The summed E-state index contributed by atoms with van der Waals surface area (Å²) in [6.07, 6.45) is 0. The molecule has 0 saturated heterocycles. The Labute approximate surface area is 101 Å². The molecule has 0 aliphatic carbocycles. The molecule has 6 heteroatoms. The minimum Gasteiger partial charge on any atom is -0.543 e. The third kappa shape index (κ3) is 2.50. The van der Waals surface area contributed by atoms with Crippen LogP contribution in [-0.2, 0) is 0 Å². The number of hydrogen-bond acceptors (Lipinski definition) is 5. The number of carboxylic acid groups (broad SMARTS) is 1. The lowest BCUT2D eigenvalue weighted by Crippen LogP contribution is -2.22. The molecule has 0 aliphatic rings. The highest BCUT2D eigenvalue weighted by molar-refractivity contribution is 7.14. The Hall–Kier alpha value is -1.59. The first-order chi connectivity index (χ1) is 7.65. The van der Waals surface area contributed by atoms with Crippen molar-refractivity contribution < 1.29 is 9.90 Å². The fourth-order valence-electron chi connectivity index (χ4n) is 1.08. The summed E-state index contributed by atoms with van der Waals surface area (Å²) in [7, 11) is 0. The van der Waals surface area contributed by atoms with Gasteiger partial charge < -0.3 is 15.2 Å². The Bertz CT molecular complexity index is 510. The van der Waals surface area contributed by atoms with Gasteiger partial charge in [-0.15, -0.1) is 11.3 Å². The average molecular weight is 254 g/mol. The molecule has 2 aromatic rings. The largest absolute Gasteiger partial charge is 0.543 e. The number of benzene rings is 1. The molecule has 1 aromatic heterocycles. The zero-order valence-electron chi connectivity index (χ0n) is 7.94. The van der Waals surface area contributed by atoms with Crippen molar-refractivity contribution in [3.63, 3.8) is 0 Å². The summed E-state index contributed by atoms with van der Waals surface area (Å²) in [5, 5.41) is 16.0. The number of anilines is 2. The lowest BCUT2D eigenvalue weighted by Gasteiger charge is -2.01. The normalized spacial score (nSPS) is 10.1. The van der Waals surface area contributed by atoms with E-state index in [-0.39, 0.29) is 5.69 Å². The zero-order valence-corrected chi connectivity index (χ0v) is 9.51. The van der Waals surface area contributed by atoms with Gasteiger partial charge in [-0.2, -0.15) is 0 Å². The van der Waals surface area contributed by atoms with Crippen molar-refractivity contribution in [2.75, 3.05) is 5.32 Å². The number of aromatic carboxylic acids is 1. The molecule has 0 fully saturated rings. The SMILES string of the molecule is O=C([O-])c1csc(Nc2ccc(Cl)cc2)n1. The molecule has 0 spiro atoms. The van der Waals surface area contributed by atoms with Crippen LogP contribution in [0.25, 0.3) is 0 Å². The molecular weight excluding hydrogens is 248 g/mol. The van der Waals surface area contributed by atoms with Gasteiger partial charge in [0.25, 0.3) is 0 Å². The van der Waals surface area contributed by atoms with E-state index in [9.17, 15) is 9.90 Å². The van der Waals surface area contributed by atoms with Crippen LogP contribution in [0.4, 0.5) is 10.8 Å². The van der Waals surface area contributed by atoms with Crippen LogP contribution in [0, 0.1) is 0 Å². The van der Waals surface area contributed by atoms with Crippen molar-refractivity contribution in [3.8, 4) is 0 Å². The molecule has 0 atom stereocenters. The molecule has 1 aromatic carbocycles. The highest BCUT2D eigenvalue weighted by atomic mass is 35.5. The van der Waals surface area contributed by atoms with Gasteiger partial charge >= 0.3 is 0 Å². The number of hydrogen-bond donors (Lipinski definition) is 1. The molecule has 0 bridgehead atoms. The van der Waals surface area contributed by atoms with Crippen LogP contribution in [0.15, 0.2) is 29.6 Å². The quantitative estimate of drug-likeness (QED) is 0.907. The van der Waals surface area contributed by atoms with E-state index in [1.54, 1.807) is 24.3 Å². The van der Waals surface area contributed by atoms with Crippen molar-refractivity contribution in [2.24, 2.45) is 0 Å². The van der Waals surface area contributed by atoms with Crippen LogP contribution in [0.3, 0.4) is 0 Å². The number of nitrogens with zero attached hydrogens (tertiary/aromatic N) is 1. The maximum atomic E-state index is 10.5. The van der Waals surface area contributed by atoms with Crippen molar-refractivity contribution in [3.05, 3.63) is 40.4 Å². The van der Waals surface area contributed by atoms with Crippen LogP contribution >= 0.6 is 22.9 Å². The van der Waals surface area contributed by atoms with E-state index in [1.165, 1.54) is 16.7 Å².